The number of piperidine rings is 1. The molecular weight excluding hydrogens is 364 g/mol. The lowest BCUT2D eigenvalue weighted by Gasteiger charge is -2.31. The third kappa shape index (κ3) is 4.60. The molecule has 126 valence electrons. The normalized spacial score (nSPS) is 15.2. The van der Waals surface area contributed by atoms with Crippen LogP contribution in [0.5, 0.6) is 5.75 Å². The van der Waals surface area contributed by atoms with E-state index in [4.69, 9.17) is 9.47 Å². The number of nitrogens with zero attached hydrogens (tertiary/aromatic N) is 1. The van der Waals surface area contributed by atoms with Crippen molar-refractivity contribution in [2.75, 3.05) is 26.8 Å². The van der Waals surface area contributed by atoms with Crippen molar-refractivity contribution in [3.8, 4) is 5.75 Å². The molecule has 1 aliphatic heterocycles. The number of methoxy groups -OCH3 is 1. The molecular formula is C16H21BrN2O4. The first kappa shape index (κ1) is 17.6. The number of nitrogens with one attached hydrogen (secondary N) is 1. The van der Waals surface area contributed by atoms with Gasteiger partial charge in [0.1, 0.15) is 5.75 Å². The molecule has 0 atom stereocenters. The Kier molecular flexibility index (Phi) is 6.27. The molecule has 2 rings (SSSR count). The Morgan fingerprint density at radius 3 is 2.65 bits per heavy atom. The molecule has 6 nitrogen and oxygen atoms in total. The molecule has 0 spiro atoms. The molecule has 1 heterocycles. The van der Waals surface area contributed by atoms with Gasteiger partial charge < -0.3 is 19.7 Å². The summed E-state index contributed by atoms with van der Waals surface area (Å²) in [6.07, 6.45) is 1.13. The SMILES string of the molecule is CCOC(=O)N1CCC(NC(=O)c2cc(Br)ccc2OC)CC1. The monoisotopic (exact) mass is 384 g/mol. The van der Waals surface area contributed by atoms with Crippen LogP contribution in [0.1, 0.15) is 30.1 Å². The van der Waals surface area contributed by atoms with Gasteiger partial charge in [0.2, 0.25) is 0 Å². The van der Waals surface area contributed by atoms with E-state index in [1.54, 1.807) is 24.0 Å². The number of hydrogen-bond donors (Lipinski definition) is 1. The topological polar surface area (TPSA) is 67.9 Å². The molecule has 1 N–H and O–H groups in total. The fourth-order valence-electron chi connectivity index (χ4n) is 2.54. The summed E-state index contributed by atoms with van der Waals surface area (Å²) in [5, 5.41) is 3.01. The van der Waals surface area contributed by atoms with E-state index in [9.17, 15) is 9.59 Å². The zero-order chi connectivity index (χ0) is 16.8. The number of amides is 2. The minimum Gasteiger partial charge on any atom is -0.496 e. The van der Waals surface area contributed by atoms with E-state index in [1.165, 1.54) is 7.11 Å². The molecule has 1 aliphatic rings. The first-order valence-electron chi connectivity index (χ1n) is 7.61. The Morgan fingerprint density at radius 1 is 1.35 bits per heavy atom. The fraction of sp³-hybridized carbons (Fsp3) is 0.500. The van der Waals surface area contributed by atoms with Gasteiger partial charge in [0.05, 0.1) is 19.3 Å². The second kappa shape index (κ2) is 8.19. The Morgan fingerprint density at radius 2 is 2.04 bits per heavy atom. The van der Waals surface area contributed by atoms with Crippen LogP contribution in [0.2, 0.25) is 0 Å². The summed E-state index contributed by atoms with van der Waals surface area (Å²) in [5.74, 6) is 0.368. The van der Waals surface area contributed by atoms with Gasteiger partial charge in [0.15, 0.2) is 0 Å². The molecule has 0 unspecified atom stereocenters. The lowest BCUT2D eigenvalue weighted by atomic mass is 10.0. The summed E-state index contributed by atoms with van der Waals surface area (Å²) in [5.41, 5.74) is 0.495. The minimum atomic E-state index is -0.286. The van der Waals surface area contributed by atoms with Crippen molar-refractivity contribution in [1.82, 2.24) is 10.2 Å². The van der Waals surface area contributed by atoms with Crippen molar-refractivity contribution in [2.24, 2.45) is 0 Å². The van der Waals surface area contributed by atoms with Crippen LogP contribution in [-0.2, 0) is 4.74 Å². The summed E-state index contributed by atoms with van der Waals surface area (Å²) in [7, 11) is 1.54. The van der Waals surface area contributed by atoms with Crippen molar-refractivity contribution in [3.05, 3.63) is 28.2 Å². The molecule has 0 aromatic heterocycles. The van der Waals surface area contributed by atoms with Gasteiger partial charge >= 0.3 is 6.09 Å². The van der Waals surface area contributed by atoms with Crippen molar-refractivity contribution in [3.63, 3.8) is 0 Å². The highest BCUT2D eigenvalue weighted by molar-refractivity contribution is 9.10. The standard InChI is InChI=1S/C16H21BrN2O4/c1-3-23-16(21)19-8-6-12(7-9-19)18-15(20)13-10-11(17)4-5-14(13)22-2/h4-5,10,12H,3,6-9H2,1-2H3,(H,18,20). The van der Waals surface area contributed by atoms with Crippen LogP contribution in [-0.4, -0.2) is 49.7 Å². The lowest BCUT2D eigenvalue weighted by molar-refractivity contribution is 0.0858. The van der Waals surface area contributed by atoms with Gasteiger partial charge in [-0.3, -0.25) is 4.79 Å². The molecule has 23 heavy (non-hydrogen) atoms. The maximum Gasteiger partial charge on any atom is 0.409 e. The van der Waals surface area contributed by atoms with Crippen LogP contribution in [0.25, 0.3) is 0 Å². The molecule has 7 heteroatoms. The lowest BCUT2D eigenvalue weighted by Crippen LogP contribution is -2.46. The third-order valence-corrected chi connectivity index (χ3v) is 4.26. The van der Waals surface area contributed by atoms with Crippen LogP contribution < -0.4 is 10.1 Å². The molecule has 0 saturated carbocycles. The summed E-state index contributed by atoms with van der Waals surface area (Å²) < 4.78 is 11.0. The van der Waals surface area contributed by atoms with E-state index >= 15 is 0 Å². The van der Waals surface area contributed by atoms with E-state index in [-0.39, 0.29) is 18.0 Å². The second-order valence-corrected chi connectivity index (χ2v) is 6.19. The van der Waals surface area contributed by atoms with Crippen LogP contribution >= 0.6 is 15.9 Å². The second-order valence-electron chi connectivity index (χ2n) is 5.28. The van der Waals surface area contributed by atoms with E-state index in [2.05, 4.69) is 21.2 Å². The molecule has 1 aromatic carbocycles. The highest BCUT2D eigenvalue weighted by atomic mass is 79.9. The molecule has 2 amide bonds. The third-order valence-electron chi connectivity index (χ3n) is 3.76. The van der Waals surface area contributed by atoms with Crippen LogP contribution in [0.4, 0.5) is 4.79 Å². The molecule has 0 bridgehead atoms. The van der Waals surface area contributed by atoms with E-state index in [1.807, 2.05) is 6.07 Å². The van der Waals surface area contributed by atoms with E-state index in [0.29, 0.717) is 43.9 Å². The van der Waals surface area contributed by atoms with Gasteiger partial charge in [0.25, 0.3) is 5.91 Å². The highest BCUT2D eigenvalue weighted by Gasteiger charge is 2.25. The Bertz CT molecular complexity index is 571. The minimum absolute atomic E-state index is 0.0388. The maximum absolute atomic E-state index is 12.4. The van der Waals surface area contributed by atoms with Gasteiger partial charge in [0, 0.05) is 23.6 Å². The zero-order valence-corrected chi connectivity index (χ0v) is 14.9. The van der Waals surface area contributed by atoms with Crippen molar-refractivity contribution in [2.45, 2.75) is 25.8 Å². The molecule has 1 fully saturated rings. The fourth-order valence-corrected chi connectivity index (χ4v) is 2.90. The first-order valence-corrected chi connectivity index (χ1v) is 8.40. The number of carbonyl (C=O) groups excluding carboxylic acids is 2. The Hall–Kier alpha value is -1.76. The Balaban J connectivity index is 1.93. The molecule has 0 radical (unpaired) electrons. The van der Waals surface area contributed by atoms with E-state index in [0.717, 1.165) is 4.47 Å². The van der Waals surface area contributed by atoms with Crippen LogP contribution in [0, 0.1) is 0 Å². The smallest absolute Gasteiger partial charge is 0.409 e. The van der Waals surface area contributed by atoms with Crippen molar-refractivity contribution >= 4 is 27.9 Å². The summed E-state index contributed by atoms with van der Waals surface area (Å²) in [4.78, 5) is 25.8. The van der Waals surface area contributed by atoms with Gasteiger partial charge in [-0.15, -0.1) is 0 Å². The summed E-state index contributed by atoms with van der Waals surface area (Å²) in [6, 6.07) is 5.36. The number of benzene rings is 1. The average molecular weight is 385 g/mol. The average Bonchev–Trinajstić information content (AvgIpc) is 2.55. The van der Waals surface area contributed by atoms with Gasteiger partial charge in [-0.2, -0.15) is 0 Å². The van der Waals surface area contributed by atoms with Crippen LogP contribution in [0.3, 0.4) is 0 Å². The Labute approximate surface area is 144 Å². The number of rotatable bonds is 4. The maximum atomic E-state index is 12.4. The summed E-state index contributed by atoms with van der Waals surface area (Å²) in [6.45, 7) is 3.33. The number of likely N-dealkylation sites (tertiary alicyclic amines) is 1. The molecule has 1 aromatic rings. The zero-order valence-electron chi connectivity index (χ0n) is 13.3. The number of carbonyl (C=O) groups is 2. The molecule has 0 aliphatic carbocycles. The quantitative estimate of drug-likeness (QED) is 0.866. The first-order chi connectivity index (χ1) is 11.0. The predicted octanol–water partition coefficient (Wildman–Crippen LogP) is 2.81. The van der Waals surface area contributed by atoms with Gasteiger partial charge in [-0.1, -0.05) is 15.9 Å². The largest absolute Gasteiger partial charge is 0.496 e. The van der Waals surface area contributed by atoms with Crippen LogP contribution in [0.15, 0.2) is 22.7 Å². The van der Waals surface area contributed by atoms with Gasteiger partial charge in [-0.25, -0.2) is 4.79 Å². The predicted molar refractivity (Wildman–Crippen MR) is 89.8 cm³/mol. The van der Waals surface area contributed by atoms with Crippen molar-refractivity contribution < 1.29 is 19.1 Å². The van der Waals surface area contributed by atoms with Crippen molar-refractivity contribution in [1.29, 1.82) is 0 Å². The number of hydrogen-bond acceptors (Lipinski definition) is 4. The highest BCUT2D eigenvalue weighted by Crippen LogP contribution is 2.23. The number of halogens is 1. The van der Waals surface area contributed by atoms with E-state index < -0.39 is 0 Å². The number of ether oxygens (including phenoxy) is 2. The van der Waals surface area contributed by atoms with Gasteiger partial charge in [-0.05, 0) is 38.0 Å². The molecule has 1 saturated heterocycles. The summed E-state index contributed by atoms with van der Waals surface area (Å²) >= 11 is 3.36.